The van der Waals surface area contributed by atoms with Gasteiger partial charge < -0.3 is 14.2 Å². The summed E-state index contributed by atoms with van der Waals surface area (Å²) in [4.78, 5) is 5.22. The molecule has 1 atom stereocenters. The second kappa shape index (κ2) is 16.6. The molecular formula is C71H70N2O. The molecular weight excluding hydrogens is 897 g/mol. The van der Waals surface area contributed by atoms with Gasteiger partial charge in [0.15, 0.2) is 5.58 Å². The van der Waals surface area contributed by atoms with Gasteiger partial charge in [-0.2, -0.15) is 0 Å². The van der Waals surface area contributed by atoms with Crippen molar-refractivity contribution in [1.29, 1.82) is 0 Å². The van der Waals surface area contributed by atoms with Crippen molar-refractivity contribution < 1.29 is 4.42 Å². The second-order valence-electron chi connectivity index (χ2n) is 25.4. The number of allylic oxidation sites excluding steroid dienone is 2. The van der Waals surface area contributed by atoms with Crippen LogP contribution in [0.5, 0.6) is 0 Å². The van der Waals surface area contributed by atoms with Crippen LogP contribution in [0.1, 0.15) is 134 Å². The van der Waals surface area contributed by atoms with Crippen molar-refractivity contribution in [3.8, 4) is 11.1 Å². The lowest BCUT2D eigenvalue weighted by atomic mass is 9.59. The average molecular weight is 967 g/mol. The van der Waals surface area contributed by atoms with Crippen molar-refractivity contribution in [1.82, 2.24) is 0 Å². The fourth-order valence-corrected chi connectivity index (χ4v) is 13.0. The van der Waals surface area contributed by atoms with Crippen LogP contribution in [-0.4, -0.2) is 5.54 Å². The zero-order valence-electron chi connectivity index (χ0n) is 45.5. The molecule has 9 aromatic rings. The topological polar surface area (TPSA) is 19.6 Å². The molecule has 0 amide bonds. The number of furan rings is 1. The predicted molar refractivity (Wildman–Crippen MR) is 314 cm³/mol. The van der Waals surface area contributed by atoms with Gasteiger partial charge in [-0.25, -0.2) is 0 Å². The summed E-state index contributed by atoms with van der Waals surface area (Å²) in [6.07, 6.45) is 7.95. The highest BCUT2D eigenvalue weighted by atomic mass is 16.3. The highest BCUT2D eigenvalue weighted by Gasteiger charge is 2.68. The Morgan fingerprint density at radius 3 is 1.32 bits per heavy atom. The molecule has 0 fully saturated rings. The normalized spacial score (nSPS) is 16.8. The summed E-state index contributed by atoms with van der Waals surface area (Å²) in [5.74, 6) is 0. The largest absolute Gasteiger partial charge is 0.454 e. The van der Waals surface area contributed by atoms with Crippen molar-refractivity contribution in [2.45, 2.75) is 122 Å². The molecule has 3 heteroatoms. The third-order valence-electron chi connectivity index (χ3n) is 16.7. The molecule has 1 heterocycles. The van der Waals surface area contributed by atoms with Crippen LogP contribution in [0.3, 0.4) is 0 Å². The van der Waals surface area contributed by atoms with Gasteiger partial charge in [0.05, 0.1) is 16.6 Å². The van der Waals surface area contributed by atoms with Crippen LogP contribution in [0, 0.1) is 0 Å². The standard InChI is InChI=1S/C71H70N2O/c1-66(2,3)46-28-36-50(37-29-46)72(51-38-30-47(31-39-51)67(4,5)6)61-45-60-64(63-56-23-15-18-27-62(56)74-65(61)63)59-26-19-20-44-70(59,71(60)57-24-16-13-21-54(57)55-22-14-17-25-58(55)71)73(52-40-32-48(33-41-52)68(7,8)9)53-42-34-49(35-43-53)69(10,11)12/h13-43,45H,44H2,1-12H3. The van der Waals surface area contributed by atoms with Crippen molar-refractivity contribution in [3.05, 3.63) is 239 Å². The maximum Gasteiger partial charge on any atom is 0.160 e. The number of hydrogen-bond donors (Lipinski definition) is 0. The number of para-hydroxylation sites is 1. The van der Waals surface area contributed by atoms with Crippen LogP contribution in [0.15, 0.2) is 199 Å². The number of anilines is 5. The molecule has 0 aliphatic heterocycles. The average Bonchev–Trinajstić information content (AvgIpc) is 4.00. The third kappa shape index (κ3) is 7.05. The summed E-state index contributed by atoms with van der Waals surface area (Å²) < 4.78 is 7.41. The minimum Gasteiger partial charge on any atom is -0.454 e. The van der Waals surface area contributed by atoms with Gasteiger partial charge in [-0.05, 0) is 150 Å². The predicted octanol–water partition coefficient (Wildman–Crippen LogP) is 19.5. The summed E-state index contributed by atoms with van der Waals surface area (Å²) in [5.41, 5.74) is 19.9. The molecule has 0 bridgehead atoms. The summed E-state index contributed by atoms with van der Waals surface area (Å²) in [7, 11) is 0. The second-order valence-corrected chi connectivity index (χ2v) is 25.4. The zero-order valence-corrected chi connectivity index (χ0v) is 45.5. The Labute approximate surface area is 439 Å². The first kappa shape index (κ1) is 47.6. The maximum absolute atomic E-state index is 7.41. The molecule has 0 radical (unpaired) electrons. The van der Waals surface area contributed by atoms with Crippen LogP contribution in [0.2, 0.25) is 0 Å². The monoisotopic (exact) mass is 967 g/mol. The van der Waals surface area contributed by atoms with Gasteiger partial charge in [0, 0.05) is 33.5 Å². The first-order valence-corrected chi connectivity index (χ1v) is 26.8. The summed E-state index contributed by atoms with van der Waals surface area (Å²) in [6.45, 7) is 27.6. The fraction of sp³-hybridized carbons (Fsp3) is 0.268. The van der Waals surface area contributed by atoms with E-state index >= 15 is 0 Å². The van der Waals surface area contributed by atoms with E-state index in [9.17, 15) is 0 Å². The van der Waals surface area contributed by atoms with E-state index in [2.05, 4.69) is 287 Å². The van der Waals surface area contributed by atoms with Gasteiger partial charge in [-0.1, -0.05) is 217 Å². The van der Waals surface area contributed by atoms with E-state index in [1.807, 2.05) is 0 Å². The zero-order chi connectivity index (χ0) is 51.7. The third-order valence-corrected chi connectivity index (χ3v) is 16.7. The van der Waals surface area contributed by atoms with Crippen molar-refractivity contribution in [2.24, 2.45) is 0 Å². The number of hydrogen-bond acceptors (Lipinski definition) is 3. The Morgan fingerprint density at radius 2 is 0.865 bits per heavy atom. The fourth-order valence-electron chi connectivity index (χ4n) is 13.0. The Balaban J connectivity index is 1.26. The summed E-state index contributed by atoms with van der Waals surface area (Å²) in [5, 5.41) is 2.26. The Bertz CT molecular complexity index is 3540. The van der Waals surface area contributed by atoms with Crippen LogP contribution < -0.4 is 9.80 Å². The lowest BCUT2D eigenvalue weighted by Crippen LogP contribution is -2.59. The lowest BCUT2D eigenvalue weighted by molar-refractivity contribution is 0.405. The Morgan fingerprint density at radius 1 is 0.446 bits per heavy atom. The quantitative estimate of drug-likeness (QED) is 0.166. The smallest absolute Gasteiger partial charge is 0.160 e. The number of rotatable bonds is 6. The molecule has 370 valence electrons. The van der Waals surface area contributed by atoms with Gasteiger partial charge in [0.25, 0.3) is 0 Å². The first-order valence-electron chi connectivity index (χ1n) is 26.8. The minimum absolute atomic E-state index is 0.00863. The van der Waals surface area contributed by atoms with E-state index in [-0.39, 0.29) is 21.7 Å². The molecule has 1 spiro atoms. The molecule has 3 aliphatic carbocycles. The molecule has 3 aliphatic rings. The molecule has 8 aromatic carbocycles. The van der Waals surface area contributed by atoms with E-state index in [1.165, 1.54) is 61.2 Å². The van der Waals surface area contributed by atoms with Crippen LogP contribution in [-0.2, 0) is 27.1 Å². The Kier molecular flexibility index (Phi) is 10.7. The molecule has 3 nitrogen and oxygen atoms in total. The van der Waals surface area contributed by atoms with Crippen molar-refractivity contribution in [3.63, 3.8) is 0 Å². The number of nitrogens with zero attached hydrogens (tertiary/aromatic N) is 2. The highest BCUT2D eigenvalue weighted by molar-refractivity contribution is 6.19. The molecule has 74 heavy (non-hydrogen) atoms. The Hall–Kier alpha value is -7.36. The van der Waals surface area contributed by atoms with E-state index in [0.717, 1.165) is 56.8 Å². The SMILES string of the molecule is CC(C)(C)c1ccc(N(c2ccc(C(C)(C)C)cc2)c2cc3c(c4c2oc2ccccc24)C2=CC=CCC2(N(c2ccc(C(C)(C)C)cc2)c2ccc(C(C)(C)C)cc2)C32c3ccccc3-c3ccccc32)cc1. The van der Waals surface area contributed by atoms with E-state index in [0.29, 0.717) is 0 Å². The van der Waals surface area contributed by atoms with Crippen molar-refractivity contribution >= 4 is 55.9 Å². The highest BCUT2D eigenvalue weighted by Crippen LogP contribution is 2.72. The number of fused-ring (bicyclic) bond motifs is 14. The first-order chi connectivity index (χ1) is 35.2. The van der Waals surface area contributed by atoms with E-state index < -0.39 is 11.0 Å². The van der Waals surface area contributed by atoms with E-state index in [4.69, 9.17) is 4.42 Å². The van der Waals surface area contributed by atoms with Gasteiger partial charge in [-0.3, -0.25) is 0 Å². The van der Waals surface area contributed by atoms with Gasteiger partial charge in [0.2, 0.25) is 0 Å². The van der Waals surface area contributed by atoms with Crippen molar-refractivity contribution in [2.75, 3.05) is 9.80 Å². The van der Waals surface area contributed by atoms with Crippen LogP contribution in [0.4, 0.5) is 28.4 Å². The van der Waals surface area contributed by atoms with Crippen LogP contribution >= 0.6 is 0 Å². The van der Waals surface area contributed by atoms with Gasteiger partial charge in [-0.15, -0.1) is 0 Å². The van der Waals surface area contributed by atoms with Gasteiger partial charge in [0.1, 0.15) is 5.58 Å². The molecule has 0 N–H and O–H groups in total. The number of benzene rings is 8. The lowest BCUT2D eigenvalue weighted by Gasteiger charge is -2.54. The molecule has 0 saturated heterocycles. The molecule has 0 saturated carbocycles. The maximum atomic E-state index is 7.41. The summed E-state index contributed by atoms with van der Waals surface area (Å²) >= 11 is 0. The van der Waals surface area contributed by atoms with E-state index in [1.54, 1.807) is 0 Å². The van der Waals surface area contributed by atoms with Gasteiger partial charge >= 0.3 is 0 Å². The molecule has 12 rings (SSSR count). The van der Waals surface area contributed by atoms with Crippen LogP contribution in [0.25, 0.3) is 38.6 Å². The summed E-state index contributed by atoms with van der Waals surface area (Å²) in [6, 6.07) is 67.4. The minimum atomic E-state index is -0.739. The molecule has 1 unspecified atom stereocenters. The molecule has 1 aromatic heterocycles.